The quantitative estimate of drug-likeness (QED) is 0.0201. The Hall–Kier alpha value is -1.99. The predicted octanol–water partition coefficient (Wildman–Crippen LogP) is 8.44. The molecule has 3 aliphatic rings. The first-order valence-electron chi connectivity index (χ1n) is 34.2. The minimum absolute atomic E-state index is 0.234. The first-order valence-corrected chi connectivity index (χ1v) is 34.2. The van der Waals surface area contributed by atoms with Crippen LogP contribution in [0.5, 0.6) is 0 Å². The third kappa shape index (κ3) is 31.8. The molecule has 0 aromatic carbocycles. The molecule has 504 valence electrons. The van der Waals surface area contributed by atoms with Gasteiger partial charge in [0.05, 0.1) is 38.6 Å². The maximum Gasteiger partial charge on any atom is 0.220 e. The average molecular weight is 1230 g/mol. The molecule has 19 nitrogen and oxygen atoms in total. The van der Waals surface area contributed by atoms with Crippen molar-refractivity contribution >= 4 is 5.91 Å². The van der Waals surface area contributed by atoms with E-state index in [1.807, 2.05) is 6.08 Å². The highest BCUT2D eigenvalue weighted by atomic mass is 16.8. The minimum atomic E-state index is -1.98. The van der Waals surface area contributed by atoms with Crippen molar-refractivity contribution in [3.63, 3.8) is 0 Å². The van der Waals surface area contributed by atoms with Crippen LogP contribution in [0.15, 0.2) is 36.5 Å². The number of hydrogen-bond acceptors (Lipinski definition) is 18. The highest BCUT2D eigenvalue weighted by Crippen LogP contribution is 2.33. The molecule has 3 saturated heterocycles. The van der Waals surface area contributed by atoms with E-state index in [1.165, 1.54) is 173 Å². The van der Waals surface area contributed by atoms with Crippen LogP contribution in [0.1, 0.15) is 251 Å². The first kappa shape index (κ1) is 78.3. The Morgan fingerprint density at radius 2 is 0.744 bits per heavy atom. The van der Waals surface area contributed by atoms with Crippen LogP contribution in [-0.4, -0.2) is 193 Å². The number of rotatable bonds is 52. The second-order valence-corrected chi connectivity index (χ2v) is 24.6. The molecular formula is C67H123NO18. The summed E-state index contributed by atoms with van der Waals surface area (Å²) in [5.41, 5.74) is 0. The number of allylic oxidation sites excluding steroid dienone is 5. The average Bonchev–Trinajstić information content (AvgIpc) is 1.58. The van der Waals surface area contributed by atoms with E-state index in [4.69, 9.17) is 28.4 Å². The summed E-state index contributed by atoms with van der Waals surface area (Å²) >= 11 is 0. The number of carbonyl (C=O) groups excluding carboxylic acids is 1. The van der Waals surface area contributed by atoms with Gasteiger partial charge in [-0.05, 0) is 44.9 Å². The lowest BCUT2D eigenvalue weighted by atomic mass is 9.96. The molecule has 19 heteroatoms. The lowest BCUT2D eigenvalue weighted by Gasteiger charge is -2.48. The first-order chi connectivity index (χ1) is 41.8. The van der Waals surface area contributed by atoms with Crippen LogP contribution in [-0.2, 0) is 33.2 Å². The Balaban J connectivity index is 1.41. The Morgan fingerprint density at radius 1 is 0.407 bits per heavy atom. The fourth-order valence-electron chi connectivity index (χ4n) is 11.6. The molecule has 17 unspecified atom stereocenters. The van der Waals surface area contributed by atoms with E-state index < -0.39 is 124 Å². The summed E-state index contributed by atoms with van der Waals surface area (Å²) in [5.74, 6) is -0.290. The molecule has 86 heavy (non-hydrogen) atoms. The van der Waals surface area contributed by atoms with Gasteiger partial charge < -0.3 is 89.9 Å². The van der Waals surface area contributed by atoms with E-state index in [0.29, 0.717) is 12.8 Å². The molecule has 0 spiro atoms. The van der Waals surface area contributed by atoms with E-state index in [1.54, 1.807) is 6.08 Å². The lowest BCUT2D eigenvalue weighted by Crippen LogP contribution is -2.66. The molecule has 0 aliphatic carbocycles. The maximum absolute atomic E-state index is 13.3. The monoisotopic (exact) mass is 1230 g/mol. The number of hydrogen-bond donors (Lipinski definition) is 12. The predicted molar refractivity (Wildman–Crippen MR) is 333 cm³/mol. The third-order valence-corrected chi connectivity index (χ3v) is 17.2. The lowest BCUT2D eigenvalue weighted by molar-refractivity contribution is -0.379. The van der Waals surface area contributed by atoms with E-state index >= 15 is 0 Å². The smallest absolute Gasteiger partial charge is 0.220 e. The number of amides is 1. The van der Waals surface area contributed by atoms with Crippen molar-refractivity contribution in [2.24, 2.45) is 0 Å². The normalized spacial score (nSPS) is 29.0. The topological polar surface area (TPSA) is 307 Å². The van der Waals surface area contributed by atoms with E-state index in [0.717, 1.165) is 44.9 Å². The number of carbonyl (C=O) groups is 1. The van der Waals surface area contributed by atoms with Gasteiger partial charge in [0.15, 0.2) is 18.9 Å². The second kappa shape index (κ2) is 49.7. The van der Waals surface area contributed by atoms with Gasteiger partial charge in [0.2, 0.25) is 5.91 Å². The summed E-state index contributed by atoms with van der Waals surface area (Å²) in [6, 6.07) is -0.993. The number of aliphatic hydroxyl groups is 11. The molecule has 0 radical (unpaired) electrons. The zero-order chi connectivity index (χ0) is 62.6. The number of unbranched alkanes of at least 4 members (excludes halogenated alkanes) is 32. The van der Waals surface area contributed by atoms with E-state index in [-0.39, 0.29) is 18.9 Å². The van der Waals surface area contributed by atoms with Crippen molar-refractivity contribution < 1.29 is 89.4 Å². The Morgan fingerprint density at radius 3 is 1.16 bits per heavy atom. The highest BCUT2D eigenvalue weighted by molar-refractivity contribution is 5.76. The maximum atomic E-state index is 13.3. The highest BCUT2D eigenvalue weighted by Gasteiger charge is 2.53. The molecule has 12 N–H and O–H groups in total. The van der Waals surface area contributed by atoms with Gasteiger partial charge in [-0.25, -0.2) is 0 Å². The van der Waals surface area contributed by atoms with Crippen LogP contribution in [0, 0.1) is 0 Å². The van der Waals surface area contributed by atoms with E-state index in [9.17, 15) is 61.0 Å². The Bertz CT molecular complexity index is 1710. The van der Waals surface area contributed by atoms with Crippen LogP contribution in [0.25, 0.3) is 0 Å². The molecule has 3 heterocycles. The minimum Gasteiger partial charge on any atom is -0.394 e. The zero-order valence-electron chi connectivity index (χ0n) is 53.0. The van der Waals surface area contributed by atoms with Crippen molar-refractivity contribution in [3.8, 4) is 0 Å². The molecule has 0 aromatic rings. The summed E-state index contributed by atoms with van der Waals surface area (Å²) in [6.45, 7) is 1.70. The standard InChI is InChI=1S/C67H123NO18/c1-3-5-7-9-11-13-15-16-17-18-19-20-21-22-23-24-25-26-27-28-29-30-31-32-33-35-36-38-40-42-44-51(72)50(68-55(73)45-43-41-39-37-34-14-12-10-8-6-4-2)49-81-65-61(79)58(76)63(53(47-70)83-65)86-67-62(80)59(77)64(54(48-71)84-67)85-66-60(78)57(75)56(74)52(46-69)82-66/h30-31,35-36,42,44,50-54,56-67,69-72,74-80H,3-29,32-34,37-41,43,45-49H2,1-2H3,(H,68,73)/b31-30+,36-35+,44-42+. The molecule has 0 aromatic heterocycles. The summed E-state index contributed by atoms with van der Waals surface area (Å²) in [7, 11) is 0. The van der Waals surface area contributed by atoms with Gasteiger partial charge in [-0.3, -0.25) is 4.79 Å². The largest absolute Gasteiger partial charge is 0.394 e. The van der Waals surface area contributed by atoms with Gasteiger partial charge in [-0.15, -0.1) is 0 Å². The van der Waals surface area contributed by atoms with Crippen molar-refractivity contribution in [1.29, 1.82) is 0 Å². The van der Waals surface area contributed by atoms with Crippen molar-refractivity contribution in [2.45, 2.75) is 356 Å². The summed E-state index contributed by atoms with van der Waals surface area (Å²) in [5, 5.41) is 120. The van der Waals surface area contributed by atoms with Gasteiger partial charge in [0.25, 0.3) is 0 Å². The molecule has 1 amide bonds. The number of nitrogens with one attached hydrogen (secondary N) is 1. The summed E-state index contributed by atoms with van der Waals surface area (Å²) in [4.78, 5) is 13.3. The van der Waals surface area contributed by atoms with E-state index in [2.05, 4.69) is 43.5 Å². The fourth-order valence-corrected chi connectivity index (χ4v) is 11.6. The zero-order valence-corrected chi connectivity index (χ0v) is 53.0. The second-order valence-electron chi connectivity index (χ2n) is 24.6. The van der Waals surface area contributed by atoms with Crippen molar-refractivity contribution in [1.82, 2.24) is 5.32 Å². The summed E-state index contributed by atoms with van der Waals surface area (Å²) in [6.07, 6.45) is 30.2. The Kier molecular flexibility index (Phi) is 45.2. The number of aliphatic hydroxyl groups excluding tert-OH is 11. The molecular weight excluding hydrogens is 1110 g/mol. The van der Waals surface area contributed by atoms with Crippen LogP contribution in [0.3, 0.4) is 0 Å². The Labute approximate surface area is 517 Å². The van der Waals surface area contributed by atoms with Gasteiger partial charge in [-0.2, -0.15) is 0 Å². The molecule has 0 saturated carbocycles. The van der Waals surface area contributed by atoms with Crippen LogP contribution >= 0.6 is 0 Å². The van der Waals surface area contributed by atoms with Gasteiger partial charge >= 0.3 is 0 Å². The van der Waals surface area contributed by atoms with Crippen LogP contribution in [0.4, 0.5) is 0 Å². The molecule has 17 atom stereocenters. The van der Waals surface area contributed by atoms with Gasteiger partial charge in [0, 0.05) is 6.42 Å². The van der Waals surface area contributed by atoms with Crippen LogP contribution in [0.2, 0.25) is 0 Å². The summed E-state index contributed by atoms with van der Waals surface area (Å²) < 4.78 is 34.2. The SMILES string of the molecule is CCCCCCCCCCCCCCCCCCCCCC/C=C/CC/C=C/CC/C=C/C(O)C(COC1OC(CO)C(OC2OC(CO)C(OC3OC(CO)C(O)C(O)C3O)C(O)C2O)C(O)C1O)NC(=O)CCCCCCCCCCCCC. The fraction of sp³-hybridized carbons (Fsp3) is 0.896. The van der Waals surface area contributed by atoms with Crippen molar-refractivity contribution in [2.75, 3.05) is 26.4 Å². The molecule has 3 rings (SSSR count). The molecule has 3 aliphatic heterocycles. The van der Waals surface area contributed by atoms with Gasteiger partial charge in [0.1, 0.15) is 73.2 Å². The molecule has 3 fully saturated rings. The van der Waals surface area contributed by atoms with Crippen LogP contribution < -0.4 is 5.32 Å². The number of ether oxygens (including phenoxy) is 6. The molecule has 0 bridgehead atoms. The van der Waals surface area contributed by atoms with Gasteiger partial charge in [-0.1, -0.05) is 237 Å². The third-order valence-electron chi connectivity index (χ3n) is 17.2. The van der Waals surface area contributed by atoms with Crippen molar-refractivity contribution in [3.05, 3.63) is 36.5 Å².